The topological polar surface area (TPSA) is 77.8 Å². The molecule has 1 unspecified atom stereocenters. The van der Waals surface area contributed by atoms with Gasteiger partial charge >= 0.3 is 0 Å². The summed E-state index contributed by atoms with van der Waals surface area (Å²) >= 11 is 0. The van der Waals surface area contributed by atoms with E-state index in [0.29, 0.717) is 30.2 Å². The number of aromatic nitrogens is 3. The first-order valence-corrected chi connectivity index (χ1v) is 8.43. The molecule has 3 rings (SSSR count). The fourth-order valence-electron chi connectivity index (χ4n) is 2.93. The van der Waals surface area contributed by atoms with E-state index in [1.807, 2.05) is 53.9 Å². The van der Waals surface area contributed by atoms with Gasteiger partial charge in [0.1, 0.15) is 0 Å². The van der Waals surface area contributed by atoms with Crippen molar-refractivity contribution in [3.05, 3.63) is 54.0 Å². The number of fused-ring (bicyclic) bond motifs is 1. The molecule has 26 heavy (non-hydrogen) atoms. The highest BCUT2D eigenvalue weighted by molar-refractivity contribution is 5.76. The molecule has 1 amide bonds. The van der Waals surface area contributed by atoms with E-state index in [9.17, 15) is 4.79 Å². The molecule has 1 aromatic carbocycles. The molecule has 7 nitrogen and oxygen atoms in total. The molecule has 0 radical (unpaired) electrons. The summed E-state index contributed by atoms with van der Waals surface area (Å²) < 4.78 is 12.6. The number of hydrogen-bond donors (Lipinski definition) is 1. The number of pyridine rings is 1. The zero-order valence-corrected chi connectivity index (χ0v) is 15.1. The number of methoxy groups -OCH3 is 2. The SMILES string of the molecule is COc1cccc(CCC(=O)NC(C)c2nnc3ccccn23)c1OC. The summed E-state index contributed by atoms with van der Waals surface area (Å²) in [6, 6.07) is 11.1. The molecule has 0 fully saturated rings. The predicted octanol–water partition coefficient (Wildman–Crippen LogP) is 2.56. The van der Waals surface area contributed by atoms with Crippen LogP contribution in [0.3, 0.4) is 0 Å². The number of amides is 1. The van der Waals surface area contributed by atoms with Crippen LogP contribution in [0.4, 0.5) is 0 Å². The third-order valence-corrected chi connectivity index (χ3v) is 4.21. The van der Waals surface area contributed by atoms with Gasteiger partial charge in [0.05, 0.1) is 20.3 Å². The van der Waals surface area contributed by atoms with Crippen LogP contribution in [-0.2, 0) is 11.2 Å². The molecule has 136 valence electrons. The van der Waals surface area contributed by atoms with Crippen molar-refractivity contribution in [1.29, 1.82) is 0 Å². The highest BCUT2D eigenvalue weighted by Gasteiger charge is 2.16. The van der Waals surface area contributed by atoms with E-state index in [1.165, 1.54) is 0 Å². The van der Waals surface area contributed by atoms with Crippen molar-refractivity contribution in [2.45, 2.75) is 25.8 Å². The molecule has 0 bridgehead atoms. The number of nitrogens with zero attached hydrogens (tertiary/aromatic N) is 3. The van der Waals surface area contributed by atoms with Crippen molar-refractivity contribution in [1.82, 2.24) is 19.9 Å². The molecule has 1 atom stereocenters. The molecule has 2 heterocycles. The Labute approximate surface area is 152 Å². The van der Waals surface area contributed by atoms with Crippen molar-refractivity contribution < 1.29 is 14.3 Å². The smallest absolute Gasteiger partial charge is 0.220 e. The van der Waals surface area contributed by atoms with Gasteiger partial charge in [0.25, 0.3) is 0 Å². The van der Waals surface area contributed by atoms with E-state index in [0.717, 1.165) is 11.2 Å². The highest BCUT2D eigenvalue weighted by Crippen LogP contribution is 2.31. The Morgan fingerprint density at radius 1 is 1.15 bits per heavy atom. The summed E-state index contributed by atoms with van der Waals surface area (Å²) in [5.41, 5.74) is 1.69. The molecule has 0 saturated heterocycles. The lowest BCUT2D eigenvalue weighted by atomic mass is 10.1. The number of para-hydroxylation sites is 1. The zero-order chi connectivity index (χ0) is 18.5. The van der Waals surface area contributed by atoms with Crippen LogP contribution in [0, 0.1) is 0 Å². The fourth-order valence-corrected chi connectivity index (χ4v) is 2.93. The molecular weight excluding hydrogens is 332 g/mol. The Kier molecular flexibility index (Phi) is 5.36. The van der Waals surface area contributed by atoms with Crippen LogP contribution < -0.4 is 14.8 Å². The molecule has 0 aliphatic rings. The van der Waals surface area contributed by atoms with E-state index >= 15 is 0 Å². The Morgan fingerprint density at radius 2 is 2.00 bits per heavy atom. The summed E-state index contributed by atoms with van der Waals surface area (Å²) in [6.07, 6.45) is 2.78. The second-order valence-electron chi connectivity index (χ2n) is 5.93. The first-order valence-electron chi connectivity index (χ1n) is 8.43. The molecule has 0 aliphatic heterocycles. The van der Waals surface area contributed by atoms with Crippen LogP contribution in [0.25, 0.3) is 5.65 Å². The van der Waals surface area contributed by atoms with Gasteiger partial charge in [-0.05, 0) is 37.1 Å². The maximum atomic E-state index is 12.4. The maximum Gasteiger partial charge on any atom is 0.220 e. The molecule has 0 spiro atoms. The number of benzene rings is 1. The lowest BCUT2D eigenvalue weighted by molar-refractivity contribution is -0.121. The predicted molar refractivity (Wildman–Crippen MR) is 97.4 cm³/mol. The quantitative estimate of drug-likeness (QED) is 0.705. The van der Waals surface area contributed by atoms with E-state index in [1.54, 1.807) is 14.2 Å². The fraction of sp³-hybridized carbons (Fsp3) is 0.316. The van der Waals surface area contributed by atoms with Crippen molar-refractivity contribution in [2.75, 3.05) is 14.2 Å². The Morgan fingerprint density at radius 3 is 2.77 bits per heavy atom. The van der Waals surface area contributed by atoms with Gasteiger partial charge in [-0.3, -0.25) is 9.20 Å². The summed E-state index contributed by atoms with van der Waals surface area (Å²) in [7, 11) is 3.19. The molecule has 0 saturated carbocycles. The molecule has 2 aromatic heterocycles. The van der Waals surface area contributed by atoms with Crippen LogP contribution in [0.1, 0.15) is 30.8 Å². The van der Waals surface area contributed by atoms with E-state index < -0.39 is 0 Å². The average molecular weight is 354 g/mol. The van der Waals surface area contributed by atoms with Crippen LogP contribution in [-0.4, -0.2) is 34.7 Å². The number of carbonyl (C=O) groups excluding carboxylic acids is 1. The number of rotatable bonds is 7. The molecular formula is C19H22N4O3. The zero-order valence-electron chi connectivity index (χ0n) is 15.1. The number of nitrogens with one attached hydrogen (secondary N) is 1. The minimum atomic E-state index is -0.243. The van der Waals surface area contributed by atoms with Gasteiger partial charge in [-0.25, -0.2) is 0 Å². The molecule has 7 heteroatoms. The van der Waals surface area contributed by atoms with Crippen LogP contribution in [0.15, 0.2) is 42.6 Å². The summed E-state index contributed by atoms with van der Waals surface area (Å²) in [5, 5.41) is 11.3. The first kappa shape index (κ1) is 17.7. The van der Waals surface area contributed by atoms with Crippen LogP contribution in [0.2, 0.25) is 0 Å². The first-order chi connectivity index (χ1) is 12.6. The number of carbonyl (C=O) groups is 1. The van der Waals surface area contributed by atoms with Crippen molar-refractivity contribution in [3.8, 4) is 11.5 Å². The van der Waals surface area contributed by atoms with Crippen LogP contribution in [0.5, 0.6) is 11.5 Å². The minimum absolute atomic E-state index is 0.0601. The van der Waals surface area contributed by atoms with Gasteiger partial charge in [0, 0.05) is 12.6 Å². The Bertz CT molecular complexity index is 907. The summed E-state index contributed by atoms with van der Waals surface area (Å²) in [5.74, 6) is 1.97. The average Bonchev–Trinajstić information content (AvgIpc) is 3.10. The number of hydrogen-bond acceptors (Lipinski definition) is 5. The molecule has 3 aromatic rings. The monoisotopic (exact) mass is 354 g/mol. The van der Waals surface area contributed by atoms with Gasteiger partial charge < -0.3 is 14.8 Å². The van der Waals surface area contributed by atoms with Crippen molar-refractivity contribution in [2.24, 2.45) is 0 Å². The van der Waals surface area contributed by atoms with Gasteiger partial charge in [-0.1, -0.05) is 18.2 Å². The normalized spacial score (nSPS) is 12.0. The van der Waals surface area contributed by atoms with Gasteiger partial charge in [-0.15, -0.1) is 10.2 Å². The number of aryl methyl sites for hydroxylation is 1. The van der Waals surface area contributed by atoms with Gasteiger partial charge in [0.2, 0.25) is 5.91 Å². The van der Waals surface area contributed by atoms with Gasteiger partial charge in [0.15, 0.2) is 23.0 Å². The van der Waals surface area contributed by atoms with Crippen molar-refractivity contribution >= 4 is 11.6 Å². The summed E-state index contributed by atoms with van der Waals surface area (Å²) in [6.45, 7) is 1.90. The second-order valence-corrected chi connectivity index (χ2v) is 5.93. The standard InChI is InChI=1S/C19H22N4O3/c1-13(19-22-21-16-9-4-5-12-23(16)19)20-17(24)11-10-14-7-6-8-15(25-2)18(14)26-3/h4-9,12-13H,10-11H2,1-3H3,(H,20,24). The van der Waals surface area contributed by atoms with E-state index in [4.69, 9.17) is 9.47 Å². The highest BCUT2D eigenvalue weighted by atomic mass is 16.5. The minimum Gasteiger partial charge on any atom is -0.493 e. The molecule has 0 aliphatic carbocycles. The van der Waals surface area contributed by atoms with E-state index in [2.05, 4.69) is 15.5 Å². The Hall–Kier alpha value is -3.09. The molecule has 1 N–H and O–H groups in total. The van der Waals surface area contributed by atoms with Gasteiger partial charge in [-0.2, -0.15) is 0 Å². The summed E-state index contributed by atoms with van der Waals surface area (Å²) in [4.78, 5) is 12.4. The Balaban J connectivity index is 1.64. The number of ether oxygens (including phenoxy) is 2. The third kappa shape index (κ3) is 3.61. The lowest BCUT2D eigenvalue weighted by Gasteiger charge is -2.14. The van der Waals surface area contributed by atoms with Crippen molar-refractivity contribution in [3.63, 3.8) is 0 Å². The maximum absolute atomic E-state index is 12.4. The largest absolute Gasteiger partial charge is 0.493 e. The van der Waals surface area contributed by atoms with Crippen LogP contribution >= 0.6 is 0 Å². The van der Waals surface area contributed by atoms with E-state index in [-0.39, 0.29) is 11.9 Å². The third-order valence-electron chi connectivity index (χ3n) is 4.21. The lowest BCUT2D eigenvalue weighted by Crippen LogP contribution is -2.28. The second kappa shape index (κ2) is 7.86.